The van der Waals surface area contributed by atoms with Gasteiger partial charge >= 0.3 is 0 Å². The average Bonchev–Trinajstić information content (AvgIpc) is 3.39. The maximum Gasteiger partial charge on any atom is 0.203 e. The van der Waals surface area contributed by atoms with Crippen LogP contribution in [0, 0.1) is 11.8 Å². The highest BCUT2D eigenvalue weighted by Gasteiger charge is 2.59. The number of ether oxygens (including phenoxy) is 8. The molecule has 2 unspecified atom stereocenters. The summed E-state index contributed by atoms with van der Waals surface area (Å²) < 4.78 is 44.8. The smallest absolute Gasteiger partial charge is 0.203 e. The molecule has 0 aliphatic carbocycles. The van der Waals surface area contributed by atoms with Crippen LogP contribution < -0.4 is 28.4 Å². The van der Waals surface area contributed by atoms with Crippen molar-refractivity contribution in [1.29, 1.82) is 0 Å². The van der Waals surface area contributed by atoms with Gasteiger partial charge in [0.25, 0.3) is 0 Å². The van der Waals surface area contributed by atoms with Gasteiger partial charge in [0.05, 0.1) is 66.7 Å². The fourth-order valence-electron chi connectivity index (χ4n) is 5.00. The normalized spacial score (nSPS) is 27.8. The highest BCUT2D eigenvalue weighted by atomic mass is 16.7. The number of aliphatic hydroxyl groups is 2. The van der Waals surface area contributed by atoms with E-state index >= 15 is 0 Å². The van der Waals surface area contributed by atoms with Gasteiger partial charge in [-0.15, -0.1) is 0 Å². The molecule has 0 spiro atoms. The molecule has 2 aliphatic heterocycles. The van der Waals surface area contributed by atoms with E-state index in [0.29, 0.717) is 45.6 Å². The molecule has 2 N–H and O–H groups in total. The van der Waals surface area contributed by atoms with Crippen LogP contribution >= 0.6 is 0 Å². The molecule has 34 heavy (non-hydrogen) atoms. The molecule has 2 aromatic carbocycles. The average molecular weight is 478 g/mol. The Kier molecular flexibility index (Phi) is 6.94. The summed E-state index contributed by atoms with van der Waals surface area (Å²) in [6, 6.07) is 6.96. The molecule has 2 saturated heterocycles. The number of methoxy groups -OCH3 is 6. The Labute approximate surface area is 197 Å². The van der Waals surface area contributed by atoms with E-state index < -0.39 is 36.6 Å². The molecular formula is C24H30O10. The largest absolute Gasteiger partial charge is 0.493 e. The first-order valence-electron chi connectivity index (χ1n) is 10.7. The molecule has 0 saturated carbocycles. The molecule has 0 amide bonds. The number of hydrogen-bond donors (Lipinski definition) is 2. The zero-order valence-corrected chi connectivity index (χ0v) is 19.9. The van der Waals surface area contributed by atoms with Gasteiger partial charge in [0.2, 0.25) is 11.5 Å². The number of aliphatic hydroxyl groups excluding tert-OH is 2. The lowest BCUT2D eigenvalue weighted by molar-refractivity contribution is -0.173. The van der Waals surface area contributed by atoms with Crippen molar-refractivity contribution in [3.8, 4) is 34.5 Å². The zero-order chi connectivity index (χ0) is 24.6. The Morgan fingerprint density at radius 3 is 1.18 bits per heavy atom. The summed E-state index contributed by atoms with van der Waals surface area (Å²) in [6.07, 6.45) is -3.93. The van der Waals surface area contributed by atoms with E-state index in [4.69, 9.17) is 37.9 Å². The number of hydrogen-bond acceptors (Lipinski definition) is 10. The van der Waals surface area contributed by atoms with Crippen molar-refractivity contribution in [3.63, 3.8) is 0 Å². The number of benzene rings is 2. The van der Waals surface area contributed by atoms with Gasteiger partial charge in [-0.05, 0) is 24.3 Å². The van der Waals surface area contributed by atoms with E-state index in [1.807, 2.05) is 0 Å². The van der Waals surface area contributed by atoms with Gasteiger partial charge in [-0.3, -0.25) is 0 Å². The molecule has 2 aromatic rings. The monoisotopic (exact) mass is 478 g/mol. The Bertz CT molecular complexity index is 944. The molecule has 0 aromatic heterocycles. The minimum absolute atomic E-state index is 0.385. The molecule has 10 heteroatoms. The molecule has 2 heterocycles. The molecule has 10 nitrogen and oxygen atoms in total. The summed E-state index contributed by atoms with van der Waals surface area (Å²) in [4.78, 5) is 0. The first kappa shape index (κ1) is 24.2. The van der Waals surface area contributed by atoms with Crippen LogP contribution in [-0.4, -0.2) is 65.5 Å². The second-order valence-corrected chi connectivity index (χ2v) is 7.90. The predicted octanol–water partition coefficient (Wildman–Crippen LogP) is 2.45. The lowest BCUT2D eigenvalue weighted by Gasteiger charge is -2.24. The molecular weight excluding hydrogens is 448 g/mol. The van der Waals surface area contributed by atoms with Crippen LogP contribution in [0.5, 0.6) is 34.5 Å². The van der Waals surface area contributed by atoms with E-state index in [1.165, 1.54) is 42.7 Å². The summed E-state index contributed by atoms with van der Waals surface area (Å²) in [6.45, 7) is 0. The van der Waals surface area contributed by atoms with Crippen LogP contribution in [0.1, 0.15) is 23.3 Å². The first-order valence-corrected chi connectivity index (χ1v) is 10.7. The summed E-state index contributed by atoms with van der Waals surface area (Å²) in [5.74, 6) is 1.29. The van der Waals surface area contributed by atoms with Crippen LogP contribution in [0.15, 0.2) is 24.3 Å². The van der Waals surface area contributed by atoms with Gasteiger partial charge in [-0.25, -0.2) is 0 Å². The molecule has 0 bridgehead atoms. The summed E-state index contributed by atoms with van der Waals surface area (Å²) in [5, 5.41) is 21.9. The first-order chi connectivity index (χ1) is 16.4. The van der Waals surface area contributed by atoms with Gasteiger partial charge < -0.3 is 48.1 Å². The van der Waals surface area contributed by atoms with Gasteiger partial charge in [0.15, 0.2) is 35.6 Å². The van der Waals surface area contributed by atoms with Gasteiger partial charge in [0, 0.05) is 11.1 Å². The van der Waals surface area contributed by atoms with Crippen LogP contribution in [0.25, 0.3) is 0 Å². The van der Waals surface area contributed by atoms with Gasteiger partial charge in [0.1, 0.15) is 0 Å². The third-order valence-corrected chi connectivity index (χ3v) is 6.46. The van der Waals surface area contributed by atoms with E-state index in [2.05, 4.69) is 0 Å². The van der Waals surface area contributed by atoms with Crippen LogP contribution in [0.4, 0.5) is 0 Å². The highest BCUT2D eigenvalue weighted by molar-refractivity contribution is 5.58. The quantitative estimate of drug-likeness (QED) is 0.586. The van der Waals surface area contributed by atoms with E-state index in [-0.39, 0.29) is 0 Å². The second-order valence-electron chi connectivity index (χ2n) is 7.90. The Hall–Kier alpha value is -2.92. The lowest BCUT2D eigenvalue weighted by atomic mass is 9.82. The van der Waals surface area contributed by atoms with E-state index in [1.54, 1.807) is 24.3 Å². The van der Waals surface area contributed by atoms with Crippen molar-refractivity contribution in [3.05, 3.63) is 35.4 Å². The highest BCUT2D eigenvalue weighted by Crippen LogP contribution is 2.59. The Balaban J connectivity index is 1.77. The third kappa shape index (κ3) is 3.67. The van der Waals surface area contributed by atoms with E-state index in [0.717, 1.165) is 0 Å². The van der Waals surface area contributed by atoms with Gasteiger partial charge in [-0.2, -0.15) is 0 Å². The lowest BCUT2D eigenvalue weighted by Crippen LogP contribution is -2.24. The zero-order valence-electron chi connectivity index (χ0n) is 19.9. The molecule has 6 atom stereocenters. The Morgan fingerprint density at radius 2 is 0.882 bits per heavy atom. The number of rotatable bonds is 8. The topological polar surface area (TPSA) is 114 Å². The molecule has 2 aliphatic rings. The number of fused-ring (bicyclic) bond motifs is 1. The summed E-state index contributed by atoms with van der Waals surface area (Å²) in [5.41, 5.74) is 1.18. The van der Waals surface area contributed by atoms with E-state index in [9.17, 15) is 10.2 Å². The van der Waals surface area contributed by atoms with Gasteiger partial charge in [-0.1, -0.05) is 0 Å². The van der Waals surface area contributed by atoms with Crippen molar-refractivity contribution >= 4 is 0 Å². The van der Waals surface area contributed by atoms with Crippen molar-refractivity contribution in [1.82, 2.24) is 0 Å². The molecule has 4 rings (SSSR count). The molecule has 2 fully saturated rings. The second kappa shape index (κ2) is 9.75. The fraction of sp³-hybridized carbons (Fsp3) is 0.500. The van der Waals surface area contributed by atoms with Crippen molar-refractivity contribution < 1.29 is 48.1 Å². The van der Waals surface area contributed by atoms with Crippen molar-refractivity contribution in [2.75, 3.05) is 42.7 Å². The van der Waals surface area contributed by atoms with Crippen LogP contribution in [0.3, 0.4) is 0 Å². The van der Waals surface area contributed by atoms with Crippen molar-refractivity contribution in [2.24, 2.45) is 11.8 Å². The molecule has 0 radical (unpaired) electrons. The minimum atomic E-state index is -1.23. The summed E-state index contributed by atoms with van der Waals surface area (Å²) >= 11 is 0. The maximum atomic E-state index is 11.0. The third-order valence-electron chi connectivity index (χ3n) is 6.46. The van der Waals surface area contributed by atoms with Crippen molar-refractivity contribution in [2.45, 2.75) is 24.8 Å². The Morgan fingerprint density at radius 1 is 0.529 bits per heavy atom. The van der Waals surface area contributed by atoms with Crippen LogP contribution in [-0.2, 0) is 9.47 Å². The van der Waals surface area contributed by atoms with Crippen LogP contribution in [0.2, 0.25) is 0 Å². The summed E-state index contributed by atoms with van der Waals surface area (Å²) in [7, 11) is 9.07. The predicted molar refractivity (Wildman–Crippen MR) is 119 cm³/mol. The minimum Gasteiger partial charge on any atom is -0.493 e. The standard InChI is InChI=1S/C24H30O10/c1-27-13-9-7-11(19(29-3)21(13)31-5)17-15-16(24(26)33-17)18(34-23(15)25)12-8-10-14(28-2)22(32-6)20(12)30-4/h7-10,15-18,23-26H,1-6H3/t15-,16-,17+,18+,23?,24?/m1/s1. The SMILES string of the molecule is COc1ccc([C@@H]2OC(O)[C@@H]3[C@H]2C(O)O[C@H]3c2ccc(OC)c(OC)c2OC)c(OC)c1OC. The molecule has 186 valence electrons. The maximum absolute atomic E-state index is 11.0. The fourth-order valence-corrected chi connectivity index (χ4v) is 5.00.